The molecule has 0 saturated carbocycles. The van der Waals surface area contributed by atoms with Crippen LogP contribution in [0.15, 0.2) is 55.0 Å². The molecule has 0 bridgehead atoms. The lowest BCUT2D eigenvalue weighted by Gasteiger charge is -1.99. The Kier molecular flexibility index (Phi) is 3.69. The van der Waals surface area contributed by atoms with Crippen LogP contribution in [0.2, 0.25) is 0 Å². The Hall–Kier alpha value is -2.62. The van der Waals surface area contributed by atoms with E-state index in [9.17, 15) is 4.79 Å². The predicted octanol–water partition coefficient (Wildman–Crippen LogP) is 2.19. The first-order valence-electron chi connectivity index (χ1n) is 7.08. The fraction of sp³-hybridized carbons (Fsp3) is 0.176. The Morgan fingerprint density at radius 1 is 1.19 bits per heavy atom. The molecule has 1 amide bonds. The number of H-pyrrole nitrogens is 1. The van der Waals surface area contributed by atoms with Crippen molar-refractivity contribution >= 4 is 16.8 Å². The third-order valence-corrected chi connectivity index (χ3v) is 3.68. The van der Waals surface area contributed by atoms with E-state index in [0.717, 1.165) is 19.4 Å². The second-order valence-corrected chi connectivity index (χ2v) is 5.16. The van der Waals surface area contributed by atoms with Crippen molar-refractivity contribution in [1.29, 1.82) is 0 Å². The summed E-state index contributed by atoms with van der Waals surface area (Å²) in [6.07, 6.45) is 7.85. The maximum Gasteiger partial charge on any atom is 0.254 e. The van der Waals surface area contributed by atoms with Crippen molar-refractivity contribution in [3.05, 3.63) is 66.1 Å². The zero-order valence-corrected chi connectivity index (χ0v) is 11.8. The molecule has 2 heterocycles. The number of nitrogens with two attached hydrogens (primary N) is 1. The molecular formula is C17H18N3O+. The number of rotatable bonds is 5. The molecule has 0 atom stereocenters. The van der Waals surface area contributed by atoms with Crippen molar-refractivity contribution in [3.8, 4) is 0 Å². The molecule has 0 aliphatic heterocycles. The molecule has 0 aliphatic rings. The van der Waals surface area contributed by atoms with Crippen molar-refractivity contribution in [3.63, 3.8) is 0 Å². The number of aryl methyl sites for hydroxylation is 2. The highest BCUT2D eigenvalue weighted by atomic mass is 16.1. The summed E-state index contributed by atoms with van der Waals surface area (Å²) in [5.74, 6) is -0.388. The first-order chi connectivity index (χ1) is 10.2. The Labute approximate surface area is 123 Å². The highest BCUT2D eigenvalue weighted by Gasteiger charge is 2.08. The second kappa shape index (κ2) is 5.79. The number of pyridine rings is 1. The number of carbonyl (C=O) groups excluding carboxylic acids is 1. The Balaban J connectivity index is 1.66. The number of nitrogens with zero attached hydrogens (tertiary/aromatic N) is 1. The SMILES string of the molecule is NC(=O)c1ccc[n+](CCCc2c[nH]c3ccccc23)c1. The molecule has 3 rings (SSSR count). The van der Waals surface area contributed by atoms with Gasteiger partial charge in [0.1, 0.15) is 12.1 Å². The van der Waals surface area contributed by atoms with Crippen LogP contribution in [0.25, 0.3) is 10.9 Å². The number of hydrogen-bond acceptors (Lipinski definition) is 1. The van der Waals surface area contributed by atoms with Crippen LogP contribution in [0.5, 0.6) is 0 Å². The maximum atomic E-state index is 11.2. The van der Waals surface area contributed by atoms with Gasteiger partial charge in [-0.1, -0.05) is 18.2 Å². The second-order valence-electron chi connectivity index (χ2n) is 5.16. The van der Waals surface area contributed by atoms with Crippen LogP contribution in [0.1, 0.15) is 22.3 Å². The summed E-state index contributed by atoms with van der Waals surface area (Å²) in [5.41, 5.74) is 8.35. The fourth-order valence-electron chi connectivity index (χ4n) is 2.60. The number of fused-ring (bicyclic) bond motifs is 1. The van der Waals surface area contributed by atoms with Gasteiger partial charge < -0.3 is 10.7 Å². The first-order valence-corrected chi connectivity index (χ1v) is 7.08. The number of nitrogens with one attached hydrogen (secondary N) is 1. The van der Waals surface area contributed by atoms with Crippen LogP contribution in [0, 0.1) is 0 Å². The third kappa shape index (κ3) is 2.94. The van der Waals surface area contributed by atoms with Gasteiger partial charge in [-0.25, -0.2) is 4.57 Å². The van der Waals surface area contributed by atoms with E-state index < -0.39 is 0 Å². The summed E-state index contributed by atoms with van der Waals surface area (Å²) in [7, 11) is 0. The van der Waals surface area contributed by atoms with Crippen LogP contribution in [0.4, 0.5) is 0 Å². The summed E-state index contributed by atoms with van der Waals surface area (Å²) in [6, 6.07) is 11.9. The molecule has 4 nitrogen and oxygen atoms in total. The summed E-state index contributed by atoms with van der Waals surface area (Å²) in [5, 5.41) is 1.29. The van der Waals surface area contributed by atoms with E-state index in [2.05, 4.69) is 29.4 Å². The maximum absolute atomic E-state index is 11.2. The lowest BCUT2D eigenvalue weighted by Crippen LogP contribution is -2.34. The normalized spacial score (nSPS) is 10.9. The highest BCUT2D eigenvalue weighted by molar-refractivity contribution is 5.92. The van der Waals surface area contributed by atoms with Crippen LogP contribution in [-0.2, 0) is 13.0 Å². The molecule has 0 unspecified atom stereocenters. The van der Waals surface area contributed by atoms with Crippen molar-refractivity contribution in [2.24, 2.45) is 5.73 Å². The molecule has 0 fully saturated rings. The third-order valence-electron chi connectivity index (χ3n) is 3.68. The van der Waals surface area contributed by atoms with Gasteiger partial charge in [-0.3, -0.25) is 4.79 Å². The van der Waals surface area contributed by atoms with Crippen LogP contribution in [0.3, 0.4) is 0 Å². The minimum absolute atomic E-state index is 0.388. The van der Waals surface area contributed by atoms with E-state index in [1.165, 1.54) is 16.5 Å². The van der Waals surface area contributed by atoms with Gasteiger partial charge in [0.2, 0.25) is 0 Å². The fourth-order valence-corrected chi connectivity index (χ4v) is 2.60. The van der Waals surface area contributed by atoms with Gasteiger partial charge in [0.05, 0.1) is 0 Å². The van der Waals surface area contributed by atoms with E-state index in [0.29, 0.717) is 5.56 Å². The number of amides is 1. The number of primary amides is 1. The van der Waals surface area contributed by atoms with E-state index in [4.69, 9.17) is 5.73 Å². The van der Waals surface area contributed by atoms with Gasteiger partial charge in [0.25, 0.3) is 5.91 Å². The smallest absolute Gasteiger partial charge is 0.254 e. The monoisotopic (exact) mass is 280 g/mol. The first kappa shape index (κ1) is 13.4. The lowest BCUT2D eigenvalue weighted by atomic mass is 10.1. The van der Waals surface area contributed by atoms with Gasteiger partial charge >= 0.3 is 0 Å². The van der Waals surface area contributed by atoms with Crippen molar-refractivity contribution in [1.82, 2.24) is 4.98 Å². The molecule has 4 heteroatoms. The number of carbonyl (C=O) groups is 1. The quantitative estimate of drug-likeness (QED) is 0.691. The molecule has 21 heavy (non-hydrogen) atoms. The zero-order chi connectivity index (χ0) is 14.7. The molecule has 0 saturated heterocycles. The standard InChI is InChI=1S/C17H17N3O/c18-17(21)14-6-4-10-20(12-14)9-3-5-13-11-19-16-8-2-1-7-15(13)16/h1-2,4,6-8,10-12,19H,3,5,9H2,(H-,18,21)/p+1. The number of para-hydroxylation sites is 1. The topological polar surface area (TPSA) is 62.8 Å². The number of aromatic amines is 1. The molecular weight excluding hydrogens is 262 g/mol. The van der Waals surface area contributed by atoms with Gasteiger partial charge in [0, 0.05) is 29.6 Å². The average molecular weight is 280 g/mol. The molecule has 2 aromatic heterocycles. The molecule has 3 N–H and O–H groups in total. The molecule has 106 valence electrons. The number of hydrogen-bond donors (Lipinski definition) is 2. The highest BCUT2D eigenvalue weighted by Crippen LogP contribution is 2.18. The summed E-state index contributed by atoms with van der Waals surface area (Å²) >= 11 is 0. The number of benzene rings is 1. The molecule has 0 spiro atoms. The molecule has 0 radical (unpaired) electrons. The average Bonchev–Trinajstić information content (AvgIpc) is 2.91. The van der Waals surface area contributed by atoms with Gasteiger partial charge in [-0.15, -0.1) is 0 Å². The van der Waals surface area contributed by atoms with Crippen molar-refractivity contribution < 1.29 is 9.36 Å². The minimum Gasteiger partial charge on any atom is -0.365 e. The van der Waals surface area contributed by atoms with Gasteiger partial charge in [-0.2, -0.15) is 0 Å². The lowest BCUT2D eigenvalue weighted by molar-refractivity contribution is -0.697. The predicted molar refractivity (Wildman–Crippen MR) is 81.8 cm³/mol. The van der Waals surface area contributed by atoms with E-state index >= 15 is 0 Å². The summed E-state index contributed by atoms with van der Waals surface area (Å²) in [6.45, 7) is 0.862. The summed E-state index contributed by atoms with van der Waals surface area (Å²) in [4.78, 5) is 14.5. The Morgan fingerprint density at radius 2 is 2.05 bits per heavy atom. The Bertz CT molecular complexity index is 776. The van der Waals surface area contributed by atoms with Gasteiger partial charge in [-0.05, 0) is 24.1 Å². The van der Waals surface area contributed by atoms with E-state index in [-0.39, 0.29) is 5.91 Å². The van der Waals surface area contributed by atoms with Crippen LogP contribution >= 0.6 is 0 Å². The zero-order valence-electron chi connectivity index (χ0n) is 11.8. The van der Waals surface area contributed by atoms with Crippen molar-refractivity contribution in [2.45, 2.75) is 19.4 Å². The Morgan fingerprint density at radius 3 is 2.90 bits per heavy atom. The largest absolute Gasteiger partial charge is 0.365 e. The van der Waals surface area contributed by atoms with E-state index in [1.807, 2.05) is 22.9 Å². The molecule has 1 aromatic carbocycles. The minimum atomic E-state index is -0.388. The van der Waals surface area contributed by atoms with Gasteiger partial charge in [0.15, 0.2) is 12.4 Å². The summed E-state index contributed by atoms with van der Waals surface area (Å²) < 4.78 is 2.01. The van der Waals surface area contributed by atoms with E-state index in [1.54, 1.807) is 12.3 Å². The van der Waals surface area contributed by atoms with Crippen LogP contribution in [-0.4, -0.2) is 10.9 Å². The number of aromatic nitrogens is 2. The van der Waals surface area contributed by atoms with Crippen LogP contribution < -0.4 is 10.3 Å². The van der Waals surface area contributed by atoms with Crippen molar-refractivity contribution in [2.75, 3.05) is 0 Å². The molecule has 0 aliphatic carbocycles. The molecule has 3 aromatic rings.